The van der Waals surface area contributed by atoms with E-state index in [1.54, 1.807) is 4.68 Å². The smallest absolute Gasteiger partial charge is 0.137 e. The molecule has 1 heterocycles. The summed E-state index contributed by atoms with van der Waals surface area (Å²) in [6.45, 7) is 4.44. The van der Waals surface area contributed by atoms with E-state index in [1.807, 2.05) is 39.1 Å². The van der Waals surface area contributed by atoms with Gasteiger partial charge in [-0.2, -0.15) is 5.10 Å². The summed E-state index contributed by atoms with van der Waals surface area (Å²) in [5.74, 6) is 1.32. The predicted molar refractivity (Wildman–Crippen MR) is 74.0 cm³/mol. The first-order chi connectivity index (χ1) is 8.54. The molecular formula is C13H16ClN3O. The number of rotatable bonds is 3. The fraction of sp³-hybridized carbons (Fsp3) is 0.308. The molecule has 0 spiro atoms. The van der Waals surface area contributed by atoms with Crippen LogP contribution in [0.15, 0.2) is 18.2 Å². The molecule has 1 aromatic heterocycles. The molecule has 2 N–H and O–H groups in total. The van der Waals surface area contributed by atoms with Crippen molar-refractivity contribution in [1.82, 2.24) is 9.78 Å². The molecule has 0 saturated heterocycles. The Balaban J connectivity index is 2.49. The molecule has 0 radical (unpaired) electrons. The SMILES string of the molecule is CCOc1ccc(-c2c(C)nn(C)c2N)cc1Cl. The molecule has 5 heteroatoms. The summed E-state index contributed by atoms with van der Waals surface area (Å²) in [7, 11) is 1.82. The highest BCUT2D eigenvalue weighted by Crippen LogP contribution is 2.34. The van der Waals surface area contributed by atoms with Crippen LogP contribution in [0.4, 0.5) is 5.82 Å². The Labute approximate surface area is 111 Å². The van der Waals surface area contributed by atoms with Crippen LogP contribution in [0.3, 0.4) is 0 Å². The van der Waals surface area contributed by atoms with Crippen LogP contribution in [-0.2, 0) is 7.05 Å². The van der Waals surface area contributed by atoms with E-state index in [-0.39, 0.29) is 0 Å². The number of nitrogens with two attached hydrogens (primary N) is 1. The van der Waals surface area contributed by atoms with Gasteiger partial charge in [-0.15, -0.1) is 0 Å². The third-order valence-electron chi connectivity index (χ3n) is 2.79. The van der Waals surface area contributed by atoms with Crippen LogP contribution >= 0.6 is 11.6 Å². The first kappa shape index (κ1) is 12.8. The first-order valence-electron chi connectivity index (χ1n) is 5.76. The quantitative estimate of drug-likeness (QED) is 0.928. The summed E-state index contributed by atoms with van der Waals surface area (Å²) < 4.78 is 7.07. The molecule has 0 amide bonds. The van der Waals surface area contributed by atoms with Crippen molar-refractivity contribution in [3.8, 4) is 16.9 Å². The Morgan fingerprint density at radius 3 is 2.67 bits per heavy atom. The summed E-state index contributed by atoms with van der Waals surface area (Å²) in [6, 6.07) is 5.65. The highest BCUT2D eigenvalue weighted by molar-refractivity contribution is 6.32. The number of hydrogen-bond acceptors (Lipinski definition) is 3. The fourth-order valence-corrected chi connectivity index (χ4v) is 2.20. The van der Waals surface area contributed by atoms with Gasteiger partial charge in [0.2, 0.25) is 0 Å². The average Bonchev–Trinajstić information content (AvgIpc) is 2.56. The molecule has 4 nitrogen and oxygen atoms in total. The topological polar surface area (TPSA) is 53.1 Å². The van der Waals surface area contributed by atoms with Crippen molar-refractivity contribution in [3.63, 3.8) is 0 Å². The second-order valence-corrected chi connectivity index (χ2v) is 4.45. The third-order valence-corrected chi connectivity index (χ3v) is 3.08. The number of anilines is 1. The number of benzene rings is 1. The van der Waals surface area contributed by atoms with E-state index in [4.69, 9.17) is 22.1 Å². The van der Waals surface area contributed by atoms with Gasteiger partial charge in [0, 0.05) is 12.6 Å². The molecule has 0 aliphatic heterocycles. The van der Waals surface area contributed by atoms with Crippen LogP contribution in [0, 0.1) is 6.92 Å². The van der Waals surface area contributed by atoms with E-state index in [9.17, 15) is 0 Å². The van der Waals surface area contributed by atoms with Crippen molar-refractivity contribution in [2.45, 2.75) is 13.8 Å². The minimum Gasteiger partial charge on any atom is -0.492 e. The highest BCUT2D eigenvalue weighted by atomic mass is 35.5. The third kappa shape index (κ3) is 2.16. The zero-order chi connectivity index (χ0) is 13.3. The Morgan fingerprint density at radius 2 is 2.17 bits per heavy atom. The number of nitrogens with zero attached hydrogens (tertiary/aromatic N) is 2. The second-order valence-electron chi connectivity index (χ2n) is 4.05. The van der Waals surface area contributed by atoms with Gasteiger partial charge >= 0.3 is 0 Å². The number of hydrogen-bond donors (Lipinski definition) is 1. The first-order valence-corrected chi connectivity index (χ1v) is 6.14. The van der Waals surface area contributed by atoms with E-state index in [0.29, 0.717) is 23.2 Å². The Kier molecular flexibility index (Phi) is 3.48. The zero-order valence-electron chi connectivity index (χ0n) is 10.7. The van der Waals surface area contributed by atoms with E-state index >= 15 is 0 Å². The second kappa shape index (κ2) is 4.90. The van der Waals surface area contributed by atoms with E-state index in [1.165, 1.54) is 0 Å². The van der Waals surface area contributed by atoms with Crippen LogP contribution in [0.1, 0.15) is 12.6 Å². The lowest BCUT2D eigenvalue weighted by molar-refractivity contribution is 0.340. The normalized spacial score (nSPS) is 10.7. The van der Waals surface area contributed by atoms with Gasteiger partial charge in [0.05, 0.1) is 17.3 Å². The maximum Gasteiger partial charge on any atom is 0.137 e. The van der Waals surface area contributed by atoms with Crippen molar-refractivity contribution >= 4 is 17.4 Å². The maximum absolute atomic E-state index is 6.18. The number of halogens is 1. The maximum atomic E-state index is 6.18. The zero-order valence-corrected chi connectivity index (χ0v) is 11.5. The monoisotopic (exact) mass is 265 g/mol. The average molecular weight is 266 g/mol. The molecule has 0 bridgehead atoms. The number of ether oxygens (including phenoxy) is 1. The lowest BCUT2D eigenvalue weighted by Gasteiger charge is -2.08. The number of aryl methyl sites for hydroxylation is 2. The number of aromatic nitrogens is 2. The van der Waals surface area contributed by atoms with Gasteiger partial charge < -0.3 is 10.5 Å². The highest BCUT2D eigenvalue weighted by Gasteiger charge is 2.14. The van der Waals surface area contributed by atoms with Crippen LogP contribution in [0.5, 0.6) is 5.75 Å². The van der Waals surface area contributed by atoms with Gasteiger partial charge in [0.15, 0.2) is 0 Å². The van der Waals surface area contributed by atoms with Crippen molar-refractivity contribution in [2.24, 2.45) is 7.05 Å². The van der Waals surface area contributed by atoms with Crippen LogP contribution < -0.4 is 10.5 Å². The Bertz CT molecular complexity index is 578. The van der Waals surface area contributed by atoms with Gasteiger partial charge in [-0.1, -0.05) is 17.7 Å². The van der Waals surface area contributed by atoms with Gasteiger partial charge in [-0.3, -0.25) is 4.68 Å². The van der Waals surface area contributed by atoms with Gasteiger partial charge in [-0.05, 0) is 31.5 Å². The molecule has 0 unspecified atom stereocenters. The molecule has 0 aliphatic carbocycles. The molecule has 0 atom stereocenters. The molecule has 96 valence electrons. The number of nitrogen functional groups attached to an aromatic ring is 1. The molecule has 0 saturated carbocycles. The summed E-state index contributed by atoms with van der Waals surface area (Å²) in [5, 5.41) is 4.87. The van der Waals surface area contributed by atoms with E-state index < -0.39 is 0 Å². The van der Waals surface area contributed by atoms with Crippen molar-refractivity contribution in [2.75, 3.05) is 12.3 Å². The minimum absolute atomic E-state index is 0.581. The summed E-state index contributed by atoms with van der Waals surface area (Å²) in [6.07, 6.45) is 0. The molecule has 0 aliphatic rings. The molecule has 2 rings (SSSR count). The standard InChI is InChI=1S/C13H16ClN3O/c1-4-18-11-6-5-9(7-10(11)14)12-8(2)16-17(3)13(12)15/h5-7H,4,15H2,1-3H3. The Hall–Kier alpha value is -1.68. The largest absolute Gasteiger partial charge is 0.492 e. The van der Waals surface area contributed by atoms with Crippen molar-refractivity contribution in [1.29, 1.82) is 0 Å². The molecule has 2 aromatic rings. The van der Waals surface area contributed by atoms with Crippen LogP contribution in [0.2, 0.25) is 5.02 Å². The molecular weight excluding hydrogens is 250 g/mol. The molecule has 0 fully saturated rings. The van der Waals surface area contributed by atoms with Crippen molar-refractivity contribution in [3.05, 3.63) is 28.9 Å². The van der Waals surface area contributed by atoms with Gasteiger partial charge in [0.1, 0.15) is 11.6 Å². The summed E-state index contributed by atoms with van der Waals surface area (Å²) in [5.41, 5.74) is 8.76. The minimum atomic E-state index is 0.581. The summed E-state index contributed by atoms with van der Waals surface area (Å²) in [4.78, 5) is 0. The van der Waals surface area contributed by atoms with Gasteiger partial charge in [0.25, 0.3) is 0 Å². The van der Waals surface area contributed by atoms with Crippen molar-refractivity contribution < 1.29 is 4.74 Å². The fourth-order valence-electron chi connectivity index (χ4n) is 1.96. The van der Waals surface area contributed by atoms with E-state index in [0.717, 1.165) is 16.8 Å². The molecule has 18 heavy (non-hydrogen) atoms. The predicted octanol–water partition coefficient (Wildman–Crippen LogP) is 3.03. The van der Waals surface area contributed by atoms with Crippen LogP contribution in [-0.4, -0.2) is 16.4 Å². The molecule has 1 aromatic carbocycles. The van der Waals surface area contributed by atoms with Gasteiger partial charge in [-0.25, -0.2) is 0 Å². The Morgan fingerprint density at radius 1 is 1.44 bits per heavy atom. The van der Waals surface area contributed by atoms with E-state index in [2.05, 4.69) is 5.10 Å². The lowest BCUT2D eigenvalue weighted by Crippen LogP contribution is -1.98. The summed E-state index contributed by atoms with van der Waals surface area (Å²) >= 11 is 6.18. The lowest BCUT2D eigenvalue weighted by atomic mass is 10.1. The van der Waals surface area contributed by atoms with Crippen LogP contribution in [0.25, 0.3) is 11.1 Å².